The fraction of sp³-hybridized carbons (Fsp3) is 0.125. The Balaban J connectivity index is 2.09. The number of aryl methyl sites for hydroxylation is 3. The van der Waals surface area contributed by atoms with Crippen molar-refractivity contribution in [2.45, 2.75) is 20.8 Å². The molecule has 0 aliphatic carbocycles. The van der Waals surface area contributed by atoms with Gasteiger partial charge in [-0.3, -0.25) is 10.7 Å². The molecule has 4 rings (SSSR count). The fourth-order valence-electron chi connectivity index (χ4n) is 3.52. The number of benzene rings is 3. The Morgan fingerprint density at radius 2 is 1.33 bits per heavy atom. The van der Waals surface area contributed by atoms with Crippen molar-refractivity contribution in [1.82, 2.24) is 9.13 Å². The Morgan fingerprint density at radius 1 is 0.778 bits per heavy atom. The molecule has 0 amide bonds. The number of nitrogens with zero attached hydrogens (tertiary/aromatic N) is 5. The molecule has 0 fully saturated rings. The molecule has 0 aliphatic rings. The Kier molecular flexibility index (Phi) is 6.52. The molecule has 2 N–H and O–H groups in total. The van der Waals surface area contributed by atoms with E-state index >= 15 is 0 Å². The van der Waals surface area contributed by atoms with Gasteiger partial charge in [0.05, 0.1) is 22.7 Å². The highest BCUT2D eigenvalue weighted by molar-refractivity contribution is 5.58. The van der Waals surface area contributed by atoms with E-state index in [-0.39, 0.29) is 28.4 Å². The molecular formula is C24H20N6O6. The fourth-order valence-corrected chi connectivity index (χ4v) is 3.52. The van der Waals surface area contributed by atoms with Crippen LogP contribution in [0.3, 0.4) is 0 Å². The quantitative estimate of drug-likeness (QED) is 0.301. The maximum Gasteiger partial charge on any atom is 0.430 e. The molecule has 182 valence electrons. The summed E-state index contributed by atoms with van der Waals surface area (Å²) in [5, 5.41) is 15.3. The van der Waals surface area contributed by atoms with E-state index in [1.165, 1.54) is 36.4 Å². The third-order valence-corrected chi connectivity index (χ3v) is 5.60. The number of aromatic nitrogens is 2. The number of nitroso groups, excluding NO2 is 2. The summed E-state index contributed by atoms with van der Waals surface area (Å²) in [7, 11) is 0. The van der Waals surface area contributed by atoms with E-state index in [4.69, 9.17) is 4.42 Å². The van der Waals surface area contributed by atoms with Crippen LogP contribution >= 0.6 is 0 Å². The van der Waals surface area contributed by atoms with Gasteiger partial charge in [-0.05, 0) is 84.2 Å². The molecule has 0 radical (unpaired) electrons. The molecule has 0 saturated carbocycles. The molecule has 1 heterocycles. The summed E-state index contributed by atoms with van der Waals surface area (Å²) in [4.78, 5) is 53.4. The van der Waals surface area contributed by atoms with Crippen LogP contribution in [0.15, 0.2) is 83.9 Å². The van der Waals surface area contributed by atoms with Crippen LogP contribution in [0.25, 0.3) is 11.4 Å². The number of hydrogen-bond acceptors (Lipinski definition) is 10. The molecule has 0 bridgehead atoms. The molecule has 12 heteroatoms. The first-order chi connectivity index (χ1) is 17.3. The number of anilines is 1. The van der Waals surface area contributed by atoms with Gasteiger partial charge >= 0.3 is 17.1 Å². The standard InChI is InChI=1S/C24H20N6O6/c1-13-4-7-16(10-19(13)26-33)25-22-29(17-8-5-14(2)20(11-17)27-34)23(31)30(24(32)36-22)18-9-6-15(3)21(12-18)28-35/h4-12,26,33H,1-3H3. The molecule has 0 unspecified atom stereocenters. The van der Waals surface area contributed by atoms with Crippen LogP contribution in [0.1, 0.15) is 16.7 Å². The van der Waals surface area contributed by atoms with E-state index in [1.54, 1.807) is 39.0 Å². The number of rotatable bonds is 6. The van der Waals surface area contributed by atoms with E-state index in [2.05, 4.69) is 20.8 Å². The van der Waals surface area contributed by atoms with Crippen molar-refractivity contribution in [2.24, 2.45) is 15.3 Å². The van der Waals surface area contributed by atoms with E-state index in [0.29, 0.717) is 16.8 Å². The molecule has 0 saturated heterocycles. The largest absolute Gasteiger partial charge is 0.430 e. The minimum absolute atomic E-state index is 0.0468. The van der Waals surface area contributed by atoms with Crippen molar-refractivity contribution >= 4 is 22.7 Å². The summed E-state index contributed by atoms with van der Waals surface area (Å²) in [5.74, 6) is -1.07. The first-order valence-electron chi connectivity index (χ1n) is 10.6. The van der Waals surface area contributed by atoms with Gasteiger partial charge in [0.15, 0.2) is 0 Å². The second kappa shape index (κ2) is 9.72. The second-order valence-corrected chi connectivity index (χ2v) is 7.95. The van der Waals surface area contributed by atoms with Crippen LogP contribution in [0.2, 0.25) is 0 Å². The zero-order valence-electron chi connectivity index (χ0n) is 19.4. The monoisotopic (exact) mass is 488 g/mol. The highest BCUT2D eigenvalue weighted by Gasteiger charge is 2.17. The van der Waals surface area contributed by atoms with Crippen LogP contribution in [-0.2, 0) is 0 Å². The lowest BCUT2D eigenvalue weighted by molar-refractivity contribution is 0.366. The molecule has 0 aliphatic heterocycles. The first-order valence-corrected chi connectivity index (χ1v) is 10.6. The summed E-state index contributed by atoms with van der Waals surface area (Å²) in [6.45, 7) is 5.09. The van der Waals surface area contributed by atoms with Crippen LogP contribution in [-0.4, -0.2) is 14.3 Å². The minimum Gasteiger partial charge on any atom is -0.374 e. The van der Waals surface area contributed by atoms with Crippen molar-refractivity contribution in [1.29, 1.82) is 0 Å². The van der Waals surface area contributed by atoms with Crippen molar-refractivity contribution in [3.63, 3.8) is 0 Å². The lowest BCUT2D eigenvalue weighted by Gasteiger charge is -2.11. The van der Waals surface area contributed by atoms with E-state index < -0.39 is 17.1 Å². The first kappa shape index (κ1) is 24.2. The van der Waals surface area contributed by atoms with Crippen LogP contribution in [0.5, 0.6) is 0 Å². The number of nitrogens with one attached hydrogen (secondary N) is 1. The molecule has 1 aromatic heterocycles. The van der Waals surface area contributed by atoms with Gasteiger partial charge in [0.2, 0.25) is 0 Å². The molecule has 36 heavy (non-hydrogen) atoms. The average Bonchev–Trinajstić information content (AvgIpc) is 2.86. The Bertz CT molecular complexity index is 1700. The molecule has 12 nitrogen and oxygen atoms in total. The summed E-state index contributed by atoms with van der Waals surface area (Å²) < 4.78 is 7.16. The highest BCUT2D eigenvalue weighted by Crippen LogP contribution is 2.24. The van der Waals surface area contributed by atoms with E-state index in [0.717, 1.165) is 14.7 Å². The van der Waals surface area contributed by atoms with Crippen molar-refractivity contribution in [3.8, 4) is 11.4 Å². The third-order valence-electron chi connectivity index (χ3n) is 5.60. The summed E-state index contributed by atoms with van der Waals surface area (Å²) in [6.07, 6.45) is 0. The lowest BCUT2D eigenvalue weighted by atomic mass is 10.2. The van der Waals surface area contributed by atoms with Gasteiger partial charge in [-0.2, -0.15) is 9.56 Å². The zero-order valence-corrected chi connectivity index (χ0v) is 19.4. The van der Waals surface area contributed by atoms with Crippen molar-refractivity contribution < 1.29 is 9.62 Å². The van der Waals surface area contributed by atoms with E-state index in [9.17, 15) is 24.6 Å². The average molecular weight is 488 g/mol. The third kappa shape index (κ3) is 4.40. The molecule has 4 aromatic rings. The maximum atomic E-state index is 13.7. The summed E-state index contributed by atoms with van der Waals surface area (Å²) >= 11 is 0. The van der Waals surface area contributed by atoms with Gasteiger partial charge in [0.1, 0.15) is 11.4 Å². The topological polar surface area (TPSA) is 161 Å². The summed E-state index contributed by atoms with van der Waals surface area (Å²) in [5.41, 5.74) is 3.58. The van der Waals surface area contributed by atoms with Crippen LogP contribution in [0.4, 0.5) is 22.7 Å². The van der Waals surface area contributed by atoms with Crippen molar-refractivity contribution in [2.75, 3.05) is 5.48 Å². The minimum atomic E-state index is -1.07. The Morgan fingerprint density at radius 3 is 1.89 bits per heavy atom. The predicted octanol–water partition coefficient (Wildman–Crippen LogP) is 4.34. The number of hydrogen-bond donors (Lipinski definition) is 2. The van der Waals surface area contributed by atoms with Crippen molar-refractivity contribution in [3.05, 3.63) is 108 Å². The predicted molar refractivity (Wildman–Crippen MR) is 132 cm³/mol. The van der Waals surface area contributed by atoms with Crippen LogP contribution in [0, 0.1) is 30.6 Å². The Hall–Kier alpha value is -4.97. The van der Waals surface area contributed by atoms with Gasteiger partial charge < -0.3 is 4.42 Å². The smallest absolute Gasteiger partial charge is 0.374 e. The van der Waals surface area contributed by atoms with Gasteiger partial charge in [-0.25, -0.2) is 14.2 Å². The van der Waals surface area contributed by atoms with Gasteiger partial charge in [0.25, 0.3) is 0 Å². The van der Waals surface area contributed by atoms with Crippen LogP contribution < -0.4 is 22.6 Å². The molecular weight excluding hydrogens is 468 g/mol. The SMILES string of the molecule is Cc1ccc(-n2c(=O)oc(=Nc3ccc(C)c(NO)c3)n(-c3ccc(C)c(N=O)c3)c2=O)cc1N=O. The molecule has 0 atom stereocenters. The Labute approximate surface area is 202 Å². The second-order valence-electron chi connectivity index (χ2n) is 7.95. The summed E-state index contributed by atoms with van der Waals surface area (Å²) in [6, 6.07) is 13.5. The molecule has 0 spiro atoms. The molecule has 3 aromatic carbocycles. The van der Waals surface area contributed by atoms with Gasteiger partial charge in [-0.1, -0.05) is 18.2 Å². The van der Waals surface area contributed by atoms with Gasteiger partial charge in [0, 0.05) is 0 Å². The lowest BCUT2D eigenvalue weighted by Crippen LogP contribution is -2.45. The zero-order chi connectivity index (χ0) is 26.0. The maximum absolute atomic E-state index is 13.7. The highest BCUT2D eigenvalue weighted by atomic mass is 16.5. The normalized spacial score (nSPS) is 11.4. The van der Waals surface area contributed by atoms with Gasteiger partial charge in [-0.15, -0.1) is 9.81 Å². The van der Waals surface area contributed by atoms with E-state index in [1.807, 2.05) is 0 Å².